The van der Waals surface area contributed by atoms with Gasteiger partial charge >= 0.3 is 0 Å². The Morgan fingerprint density at radius 1 is 1.28 bits per heavy atom. The van der Waals surface area contributed by atoms with Crippen LogP contribution in [0, 0.1) is 12.8 Å². The van der Waals surface area contributed by atoms with Crippen molar-refractivity contribution in [2.45, 2.75) is 39.7 Å². The Morgan fingerprint density at radius 2 is 1.94 bits per heavy atom. The SMILES string of the molecule is Cc1ccc(C(=O)CCN2CC(C)CC2C)cc1. The van der Waals surface area contributed by atoms with E-state index in [0.717, 1.165) is 24.6 Å². The number of hydrogen-bond acceptors (Lipinski definition) is 2. The van der Waals surface area contributed by atoms with Gasteiger partial charge in [-0.15, -0.1) is 0 Å². The largest absolute Gasteiger partial charge is 0.300 e. The summed E-state index contributed by atoms with van der Waals surface area (Å²) in [6, 6.07) is 8.52. The van der Waals surface area contributed by atoms with Crippen molar-refractivity contribution in [3.8, 4) is 0 Å². The molecule has 0 bridgehead atoms. The molecule has 1 aliphatic rings. The summed E-state index contributed by atoms with van der Waals surface area (Å²) in [5, 5.41) is 0. The number of hydrogen-bond donors (Lipinski definition) is 0. The van der Waals surface area contributed by atoms with E-state index in [4.69, 9.17) is 0 Å². The maximum atomic E-state index is 12.1. The Kier molecular flexibility index (Phi) is 4.18. The summed E-state index contributed by atoms with van der Waals surface area (Å²) in [7, 11) is 0. The molecule has 0 aromatic heterocycles. The fourth-order valence-corrected chi connectivity index (χ4v) is 2.83. The van der Waals surface area contributed by atoms with Crippen LogP contribution in [0.2, 0.25) is 0 Å². The van der Waals surface area contributed by atoms with Crippen LogP contribution >= 0.6 is 0 Å². The molecule has 0 saturated carbocycles. The van der Waals surface area contributed by atoms with Crippen LogP contribution in [-0.2, 0) is 0 Å². The number of likely N-dealkylation sites (tertiary alicyclic amines) is 1. The van der Waals surface area contributed by atoms with Gasteiger partial charge in [-0.05, 0) is 26.2 Å². The lowest BCUT2D eigenvalue weighted by Gasteiger charge is -2.20. The van der Waals surface area contributed by atoms with E-state index in [1.54, 1.807) is 0 Å². The van der Waals surface area contributed by atoms with E-state index >= 15 is 0 Å². The molecule has 1 aromatic rings. The van der Waals surface area contributed by atoms with Gasteiger partial charge in [0.15, 0.2) is 5.78 Å². The van der Waals surface area contributed by atoms with E-state index in [1.165, 1.54) is 12.0 Å². The van der Waals surface area contributed by atoms with Crippen LogP contribution in [0.4, 0.5) is 0 Å². The first-order chi connectivity index (χ1) is 8.56. The molecule has 0 N–H and O–H groups in total. The van der Waals surface area contributed by atoms with E-state index in [-0.39, 0.29) is 5.78 Å². The summed E-state index contributed by atoms with van der Waals surface area (Å²) in [4.78, 5) is 14.5. The highest BCUT2D eigenvalue weighted by Crippen LogP contribution is 2.22. The molecule has 0 aliphatic carbocycles. The maximum absolute atomic E-state index is 12.1. The predicted octanol–water partition coefficient (Wildman–Crippen LogP) is 3.30. The first-order valence-corrected chi connectivity index (χ1v) is 6.90. The minimum absolute atomic E-state index is 0.266. The Labute approximate surface area is 110 Å². The lowest BCUT2D eigenvalue weighted by molar-refractivity contribution is 0.0962. The molecular weight excluding hydrogens is 222 g/mol. The summed E-state index contributed by atoms with van der Waals surface area (Å²) in [6.45, 7) is 8.64. The number of benzene rings is 1. The van der Waals surface area contributed by atoms with Crippen LogP contribution < -0.4 is 0 Å². The van der Waals surface area contributed by atoms with E-state index in [1.807, 2.05) is 31.2 Å². The molecule has 18 heavy (non-hydrogen) atoms. The highest BCUT2D eigenvalue weighted by atomic mass is 16.1. The van der Waals surface area contributed by atoms with Crippen LogP contribution in [0.3, 0.4) is 0 Å². The zero-order valence-electron chi connectivity index (χ0n) is 11.6. The van der Waals surface area contributed by atoms with E-state index in [2.05, 4.69) is 18.7 Å². The van der Waals surface area contributed by atoms with E-state index < -0.39 is 0 Å². The number of carbonyl (C=O) groups is 1. The molecule has 0 spiro atoms. The summed E-state index contributed by atoms with van der Waals surface area (Å²) in [5.41, 5.74) is 2.05. The smallest absolute Gasteiger partial charge is 0.164 e. The van der Waals surface area contributed by atoms with Gasteiger partial charge in [-0.25, -0.2) is 0 Å². The zero-order chi connectivity index (χ0) is 13.1. The van der Waals surface area contributed by atoms with Crippen molar-refractivity contribution in [1.29, 1.82) is 0 Å². The van der Waals surface area contributed by atoms with Gasteiger partial charge in [0.25, 0.3) is 0 Å². The second-order valence-corrected chi connectivity index (χ2v) is 5.72. The third kappa shape index (κ3) is 3.20. The van der Waals surface area contributed by atoms with Gasteiger partial charge in [-0.3, -0.25) is 9.69 Å². The molecule has 1 aromatic carbocycles. The van der Waals surface area contributed by atoms with Crippen LogP contribution in [0.15, 0.2) is 24.3 Å². The van der Waals surface area contributed by atoms with Crippen LogP contribution in [0.25, 0.3) is 0 Å². The quantitative estimate of drug-likeness (QED) is 0.759. The van der Waals surface area contributed by atoms with Gasteiger partial charge in [0.2, 0.25) is 0 Å². The van der Waals surface area contributed by atoms with E-state index in [9.17, 15) is 4.79 Å². The molecule has 1 fully saturated rings. The average molecular weight is 245 g/mol. The van der Waals surface area contributed by atoms with Crippen molar-refractivity contribution >= 4 is 5.78 Å². The zero-order valence-corrected chi connectivity index (χ0v) is 11.6. The van der Waals surface area contributed by atoms with Crippen molar-refractivity contribution < 1.29 is 4.79 Å². The molecule has 1 aliphatic heterocycles. The van der Waals surface area contributed by atoms with Gasteiger partial charge in [0.1, 0.15) is 0 Å². The van der Waals surface area contributed by atoms with Crippen LogP contribution in [0.1, 0.15) is 42.6 Å². The summed E-state index contributed by atoms with van der Waals surface area (Å²) in [6.07, 6.45) is 1.90. The van der Waals surface area contributed by atoms with Gasteiger partial charge < -0.3 is 0 Å². The van der Waals surface area contributed by atoms with E-state index in [0.29, 0.717) is 12.5 Å². The third-order valence-electron chi connectivity index (χ3n) is 3.91. The lowest BCUT2D eigenvalue weighted by atomic mass is 10.1. The minimum Gasteiger partial charge on any atom is -0.300 e. The topological polar surface area (TPSA) is 20.3 Å². The number of Topliss-reactive ketones (excluding diaryl/α,β-unsaturated/α-hetero) is 1. The van der Waals surface area contributed by atoms with Crippen LogP contribution in [-0.4, -0.2) is 29.8 Å². The van der Waals surface area contributed by atoms with Crippen molar-refractivity contribution in [2.24, 2.45) is 5.92 Å². The molecule has 0 amide bonds. The second-order valence-electron chi connectivity index (χ2n) is 5.72. The molecule has 0 radical (unpaired) electrons. The highest BCUT2D eigenvalue weighted by Gasteiger charge is 2.25. The minimum atomic E-state index is 0.266. The summed E-state index contributed by atoms with van der Waals surface area (Å²) < 4.78 is 0. The Morgan fingerprint density at radius 3 is 2.50 bits per heavy atom. The molecule has 1 heterocycles. The number of aryl methyl sites for hydroxylation is 1. The number of rotatable bonds is 4. The molecule has 98 valence electrons. The summed E-state index contributed by atoms with van der Waals surface area (Å²) >= 11 is 0. The van der Waals surface area contributed by atoms with Gasteiger partial charge in [-0.1, -0.05) is 36.8 Å². The fourth-order valence-electron chi connectivity index (χ4n) is 2.83. The fraction of sp³-hybridized carbons (Fsp3) is 0.562. The molecule has 1 saturated heterocycles. The molecule has 2 rings (SSSR count). The Hall–Kier alpha value is -1.15. The van der Waals surface area contributed by atoms with Crippen molar-refractivity contribution in [2.75, 3.05) is 13.1 Å². The number of nitrogens with zero attached hydrogens (tertiary/aromatic N) is 1. The molecule has 2 heteroatoms. The van der Waals surface area contributed by atoms with Crippen LogP contribution in [0.5, 0.6) is 0 Å². The summed E-state index contributed by atoms with van der Waals surface area (Å²) in [5.74, 6) is 1.04. The van der Waals surface area contributed by atoms with Crippen molar-refractivity contribution in [1.82, 2.24) is 4.90 Å². The highest BCUT2D eigenvalue weighted by molar-refractivity contribution is 5.96. The Balaban J connectivity index is 1.87. The lowest BCUT2D eigenvalue weighted by Crippen LogP contribution is -2.29. The maximum Gasteiger partial charge on any atom is 0.164 e. The monoisotopic (exact) mass is 245 g/mol. The van der Waals surface area contributed by atoms with Crippen molar-refractivity contribution in [3.05, 3.63) is 35.4 Å². The molecular formula is C16H23NO. The van der Waals surface area contributed by atoms with Crippen molar-refractivity contribution in [3.63, 3.8) is 0 Å². The first-order valence-electron chi connectivity index (χ1n) is 6.90. The number of carbonyl (C=O) groups excluding carboxylic acids is 1. The third-order valence-corrected chi connectivity index (χ3v) is 3.91. The second kappa shape index (κ2) is 5.66. The predicted molar refractivity (Wildman–Crippen MR) is 74.9 cm³/mol. The number of ketones is 1. The van der Waals surface area contributed by atoms with Gasteiger partial charge in [0, 0.05) is 31.1 Å². The normalized spacial score (nSPS) is 24.4. The molecule has 2 nitrogen and oxygen atoms in total. The standard InChI is InChI=1S/C16H23NO/c1-12-4-6-15(7-5-12)16(18)8-9-17-11-13(2)10-14(17)3/h4-7,13-14H,8-11H2,1-3H3. The average Bonchev–Trinajstić information content (AvgIpc) is 2.66. The first kappa shape index (κ1) is 13.3. The molecule has 2 atom stereocenters. The van der Waals surface area contributed by atoms with Gasteiger partial charge in [0.05, 0.1) is 0 Å². The Bertz CT molecular complexity index is 410. The van der Waals surface area contributed by atoms with Gasteiger partial charge in [-0.2, -0.15) is 0 Å². The molecule has 2 unspecified atom stereocenters.